The fourth-order valence-electron chi connectivity index (χ4n) is 2.78. The molecular formula is C22H20N4O6S3. The summed E-state index contributed by atoms with van der Waals surface area (Å²) in [4.78, 5) is 25.2. The summed E-state index contributed by atoms with van der Waals surface area (Å²) in [5.74, 6) is -1.12. The minimum absolute atomic E-state index is 0.0492. The van der Waals surface area contributed by atoms with Crippen LogP contribution in [0.4, 0.5) is 5.13 Å². The summed E-state index contributed by atoms with van der Waals surface area (Å²) < 4.78 is 35.0. The molecule has 0 spiro atoms. The van der Waals surface area contributed by atoms with Crippen molar-refractivity contribution in [2.24, 2.45) is 5.92 Å². The zero-order valence-corrected chi connectivity index (χ0v) is 21.3. The maximum Gasteiger partial charge on any atom is 0.353 e. The van der Waals surface area contributed by atoms with Gasteiger partial charge in [0.05, 0.1) is 12.9 Å². The molecule has 13 heteroatoms. The smallest absolute Gasteiger partial charge is 0.353 e. The van der Waals surface area contributed by atoms with Gasteiger partial charge in [-0.05, 0) is 41.1 Å². The van der Waals surface area contributed by atoms with Gasteiger partial charge in [0.1, 0.15) is 16.5 Å². The summed E-state index contributed by atoms with van der Waals surface area (Å²) in [7, 11) is -2.23. The number of rotatable bonds is 9. The fourth-order valence-corrected chi connectivity index (χ4v) is 5.98. The Labute approximate surface area is 209 Å². The van der Waals surface area contributed by atoms with Gasteiger partial charge in [-0.15, -0.1) is 21.5 Å². The topological polar surface area (TPSA) is 148 Å². The van der Waals surface area contributed by atoms with E-state index in [1.807, 2.05) is 0 Å². The van der Waals surface area contributed by atoms with Crippen molar-refractivity contribution < 1.29 is 27.5 Å². The molecule has 0 saturated carbocycles. The van der Waals surface area contributed by atoms with Crippen molar-refractivity contribution in [2.75, 3.05) is 18.2 Å². The van der Waals surface area contributed by atoms with Gasteiger partial charge >= 0.3 is 5.97 Å². The maximum absolute atomic E-state index is 12.6. The van der Waals surface area contributed by atoms with E-state index >= 15 is 0 Å². The molecule has 0 atom stereocenters. The highest BCUT2D eigenvalue weighted by Gasteiger charge is 2.23. The Hall–Kier alpha value is -3.60. The van der Waals surface area contributed by atoms with Crippen LogP contribution in [0.1, 0.15) is 29.1 Å². The second-order valence-corrected chi connectivity index (χ2v) is 11.6. The number of sulfone groups is 1. The van der Waals surface area contributed by atoms with Crippen LogP contribution in [-0.4, -0.2) is 43.4 Å². The number of hydrogen-bond acceptors (Lipinski definition) is 11. The van der Waals surface area contributed by atoms with Gasteiger partial charge in [-0.2, -0.15) is 5.26 Å². The highest BCUT2D eigenvalue weighted by atomic mass is 32.2. The van der Waals surface area contributed by atoms with Crippen LogP contribution in [0.15, 0.2) is 45.6 Å². The van der Waals surface area contributed by atoms with Crippen LogP contribution >= 0.6 is 22.7 Å². The van der Waals surface area contributed by atoms with Gasteiger partial charge in [0, 0.05) is 0 Å². The van der Waals surface area contributed by atoms with Gasteiger partial charge < -0.3 is 9.47 Å². The zero-order valence-electron chi connectivity index (χ0n) is 18.8. The summed E-state index contributed by atoms with van der Waals surface area (Å²) in [6.07, 6.45) is 1.31. The predicted molar refractivity (Wildman–Crippen MR) is 131 cm³/mol. The lowest BCUT2D eigenvalue weighted by Gasteiger charge is -2.09. The van der Waals surface area contributed by atoms with Crippen LogP contribution in [-0.2, 0) is 14.6 Å². The van der Waals surface area contributed by atoms with E-state index in [0.29, 0.717) is 21.8 Å². The van der Waals surface area contributed by atoms with Crippen LogP contribution in [0.3, 0.4) is 0 Å². The van der Waals surface area contributed by atoms with E-state index in [4.69, 9.17) is 9.47 Å². The van der Waals surface area contributed by atoms with Crippen molar-refractivity contribution in [1.29, 1.82) is 5.26 Å². The van der Waals surface area contributed by atoms with Gasteiger partial charge in [-0.3, -0.25) is 10.1 Å². The Morgan fingerprint density at radius 1 is 1.23 bits per heavy atom. The third-order valence-electron chi connectivity index (χ3n) is 4.23. The summed E-state index contributed by atoms with van der Waals surface area (Å²) in [5, 5.41) is 20.9. The van der Waals surface area contributed by atoms with Crippen LogP contribution < -0.4 is 14.8 Å². The molecule has 2 aromatic heterocycles. The Bertz CT molecular complexity index is 1400. The average Bonchev–Trinajstić information content (AvgIpc) is 3.50. The van der Waals surface area contributed by atoms with E-state index in [9.17, 15) is 23.3 Å². The lowest BCUT2D eigenvalue weighted by Crippen LogP contribution is -2.13. The largest absolute Gasteiger partial charge is 0.493 e. The SMILES string of the molecule is COc1cc(C=C(C#N)C(=O)Nc2nnc(S(=O)(=O)CC(C)C)s2)ccc1OC(=O)c1cccs1. The average molecular weight is 533 g/mol. The second kappa shape index (κ2) is 11.2. The lowest BCUT2D eigenvalue weighted by molar-refractivity contribution is -0.112. The molecule has 0 aliphatic heterocycles. The molecule has 2 heterocycles. The number of nitriles is 1. The summed E-state index contributed by atoms with van der Waals surface area (Å²) in [6, 6.07) is 9.70. The number of aromatic nitrogens is 2. The minimum atomic E-state index is -3.62. The van der Waals surface area contributed by atoms with Crippen molar-refractivity contribution >= 4 is 55.6 Å². The number of carbonyl (C=O) groups excluding carboxylic acids is 2. The van der Waals surface area contributed by atoms with Crippen molar-refractivity contribution in [3.63, 3.8) is 0 Å². The van der Waals surface area contributed by atoms with E-state index in [0.717, 1.165) is 0 Å². The molecule has 0 aliphatic carbocycles. The number of hydrogen-bond donors (Lipinski definition) is 1. The predicted octanol–water partition coefficient (Wildman–Crippen LogP) is 3.80. The van der Waals surface area contributed by atoms with Gasteiger partial charge in [0.2, 0.25) is 19.3 Å². The molecule has 182 valence electrons. The zero-order chi connectivity index (χ0) is 25.6. The summed E-state index contributed by atoms with van der Waals surface area (Å²) in [6.45, 7) is 3.53. The first-order valence-corrected chi connectivity index (χ1v) is 13.4. The molecule has 1 amide bonds. The fraction of sp³-hybridized carbons (Fsp3) is 0.227. The third kappa shape index (κ3) is 6.72. The number of methoxy groups -OCH3 is 1. The number of esters is 1. The van der Waals surface area contributed by atoms with E-state index in [-0.39, 0.29) is 38.2 Å². The Morgan fingerprint density at radius 3 is 2.63 bits per heavy atom. The molecule has 0 bridgehead atoms. The molecule has 3 rings (SSSR count). The van der Waals surface area contributed by atoms with Crippen molar-refractivity contribution in [1.82, 2.24) is 10.2 Å². The first-order valence-electron chi connectivity index (χ1n) is 10.1. The maximum atomic E-state index is 12.6. The van der Waals surface area contributed by atoms with Crippen LogP contribution in [0.25, 0.3) is 6.08 Å². The second-order valence-electron chi connectivity index (χ2n) is 7.45. The van der Waals surface area contributed by atoms with Crippen LogP contribution in [0.5, 0.6) is 11.5 Å². The van der Waals surface area contributed by atoms with E-state index in [1.165, 1.54) is 36.7 Å². The van der Waals surface area contributed by atoms with Crippen LogP contribution in [0, 0.1) is 17.2 Å². The Morgan fingerprint density at radius 2 is 2.00 bits per heavy atom. The minimum Gasteiger partial charge on any atom is -0.493 e. The molecular weight excluding hydrogens is 512 g/mol. The Kier molecular flexibility index (Phi) is 8.34. The quantitative estimate of drug-likeness (QED) is 0.143. The molecule has 10 nitrogen and oxygen atoms in total. The lowest BCUT2D eigenvalue weighted by atomic mass is 10.1. The van der Waals surface area contributed by atoms with Gasteiger partial charge in [-0.1, -0.05) is 37.3 Å². The van der Waals surface area contributed by atoms with E-state index in [1.54, 1.807) is 43.5 Å². The molecule has 1 N–H and O–H groups in total. The molecule has 0 radical (unpaired) electrons. The van der Waals surface area contributed by atoms with Crippen molar-refractivity contribution in [3.8, 4) is 17.6 Å². The number of nitrogens with one attached hydrogen (secondary N) is 1. The first-order chi connectivity index (χ1) is 16.6. The molecule has 3 aromatic rings. The van der Waals surface area contributed by atoms with E-state index < -0.39 is 21.7 Å². The monoisotopic (exact) mass is 532 g/mol. The molecule has 0 fully saturated rings. The standard InChI is InChI=1S/C22H20N4O6S3/c1-13(2)12-35(29,30)22-26-25-21(34-22)24-19(27)15(11-23)9-14-6-7-16(17(10-14)31-3)32-20(28)18-5-4-8-33-18/h4-10,13H,12H2,1-3H3,(H,24,25,27). The molecule has 0 saturated heterocycles. The number of ether oxygens (including phenoxy) is 2. The summed E-state index contributed by atoms with van der Waals surface area (Å²) in [5.41, 5.74) is 0.166. The summed E-state index contributed by atoms with van der Waals surface area (Å²) >= 11 is 1.95. The Balaban J connectivity index is 1.76. The molecule has 1 aromatic carbocycles. The molecule has 0 aliphatic rings. The number of carbonyl (C=O) groups is 2. The highest BCUT2D eigenvalue weighted by molar-refractivity contribution is 7.93. The van der Waals surface area contributed by atoms with Crippen molar-refractivity contribution in [3.05, 3.63) is 51.7 Å². The van der Waals surface area contributed by atoms with Gasteiger partial charge in [0.15, 0.2) is 11.5 Å². The molecule has 0 unspecified atom stereocenters. The first kappa shape index (κ1) is 26.0. The van der Waals surface area contributed by atoms with Gasteiger partial charge in [-0.25, -0.2) is 13.2 Å². The number of thiophene rings is 1. The number of benzene rings is 1. The normalized spacial score (nSPS) is 11.7. The van der Waals surface area contributed by atoms with E-state index in [2.05, 4.69) is 15.5 Å². The number of anilines is 1. The number of amides is 1. The van der Waals surface area contributed by atoms with Gasteiger partial charge in [0.25, 0.3) is 5.91 Å². The molecule has 35 heavy (non-hydrogen) atoms. The van der Waals surface area contributed by atoms with Crippen molar-refractivity contribution in [2.45, 2.75) is 18.2 Å². The third-order valence-corrected chi connectivity index (χ3v) is 8.45. The van der Waals surface area contributed by atoms with Crippen LogP contribution in [0.2, 0.25) is 0 Å². The number of nitrogens with zero attached hydrogens (tertiary/aromatic N) is 3. The highest BCUT2D eigenvalue weighted by Crippen LogP contribution is 2.30.